The zero-order valence-electron chi connectivity index (χ0n) is 30.3. The molecule has 0 atom stereocenters. The monoisotopic (exact) mass is 658 g/mol. The standard InChI is InChI=1S/C40H84N.BrH/c1-5-9-13-14-15-16-17-18-19-20-21-22-23-24-25-26-27-28-29-30-31-32-33-34-35-36-40-41(37-10-6-2,38-11-7-3)39-12-8-4;/h5-40H2,1-4H3;1H/q+1;/p-1. The van der Waals surface area contributed by atoms with Gasteiger partial charge in [0.05, 0.1) is 26.2 Å². The van der Waals surface area contributed by atoms with Crippen molar-refractivity contribution in [2.45, 2.75) is 233 Å². The fourth-order valence-corrected chi connectivity index (χ4v) is 6.91. The van der Waals surface area contributed by atoms with Gasteiger partial charge in [-0.25, -0.2) is 0 Å². The number of rotatable bonds is 36. The largest absolute Gasteiger partial charge is 1.00 e. The molecule has 0 heterocycles. The number of quaternary nitrogens is 1. The van der Waals surface area contributed by atoms with Crippen LogP contribution < -0.4 is 17.0 Å². The van der Waals surface area contributed by atoms with Crippen molar-refractivity contribution in [3.63, 3.8) is 0 Å². The van der Waals surface area contributed by atoms with Gasteiger partial charge < -0.3 is 21.5 Å². The molecule has 0 aromatic heterocycles. The van der Waals surface area contributed by atoms with Crippen molar-refractivity contribution in [1.82, 2.24) is 0 Å². The van der Waals surface area contributed by atoms with Gasteiger partial charge in [-0.1, -0.05) is 201 Å². The molecule has 0 rings (SSSR count). The average molecular weight is 659 g/mol. The summed E-state index contributed by atoms with van der Waals surface area (Å²) in [6.07, 6.45) is 46.9. The Morgan fingerprint density at radius 3 is 0.595 bits per heavy atom. The van der Waals surface area contributed by atoms with E-state index in [0.29, 0.717) is 0 Å². The highest BCUT2D eigenvalue weighted by atomic mass is 79.9. The van der Waals surface area contributed by atoms with Gasteiger partial charge in [0, 0.05) is 0 Å². The first-order chi connectivity index (χ1) is 20.2. The van der Waals surface area contributed by atoms with Crippen molar-refractivity contribution < 1.29 is 21.5 Å². The fraction of sp³-hybridized carbons (Fsp3) is 1.00. The molecule has 0 bridgehead atoms. The summed E-state index contributed by atoms with van der Waals surface area (Å²) in [5.74, 6) is 0. The van der Waals surface area contributed by atoms with Gasteiger partial charge in [0.25, 0.3) is 0 Å². The maximum absolute atomic E-state index is 2.37. The second-order valence-electron chi connectivity index (χ2n) is 14.1. The second-order valence-corrected chi connectivity index (χ2v) is 14.1. The molecule has 0 aliphatic rings. The SMILES string of the molecule is CCCCCCCCCCCCCCCCCCCCCCCCCCCC[N+](CCCC)(CCCC)CCCC.[Br-]. The number of nitrogens with zero attached hydrogens (tertiary/aromatic N) is 1. The maximum atomic E-state index is 2.37. The summed E-state index contributed by atoms with van der Waals surface area (Å²) >= 11 is 0. The minimum atomic E-state index is 0. The van der Waals surface area contributed by atoms with Crippen LogP contribution in [0.15, 0.2) is 0 Å². The van der Waals surface area contributed by atoms with Crippen molar-refractivity contribution in [3.8, 4) is 0 Å². The number of halogens is 1. The Labute approximate surface area is 279 Å². The van der Waals surface area contributed by atoms with Gasteiger partial charge in [0.2, 0.25) is 0 Å². The van der Waals surface area contributed by atoms with Crippen LogP contribution in [0, 0.1) is 0 Å². The van der Waals surface area contributed by atoms with Crippen LogP contribution in [0.2, 0.25) is 0 Å². The van der Waals surface area contributed by atoms with E-state index in [1.165, 1.54) is 236 Å². The van der Waals surface area contributed by atoms with Gasteiger partial charge in [0.1, 0.15) is 0 Å². The number of hydrogen-bond acceptors (Lipinski definition) is 0. The molecule has 256 valence electrons. The Bertz CT molecular complexity index is 443. The van der Waals surface area contributed by atoms with Crippen LogP contribution in [0.25, 0.3) is 0 Å². The molecule has 2 heteroatoms. The summed E-state index contributed by atoms with van der Waals surface area (Å²) in [7, 11) is 0. The summed E-state index contributed by atoms with van der Waals surface area (Å²) in [6, 6.07) is 0. The molecule has 0 aliphatic heterocycles. The lowest BCUT2D eigenvalue weighted by Crippen LogP contribution is -3.00. The minimum absolute atomic E-state index is 0. The zero-order chi connectivity index (χ0) is 30.0. The van der Waals surface area contributed by atoms with Crippen LogP contribution >= 0.6 is 0 Å². The first-order valence-electron chi connectivity index (χ1n) is 20.1. The summed E-state index contributed by atoms with van der Waals surface area (Å²) in [5, 5.41) is 0. The summed E-state index contributed by atoms with van der Waals surface area (Å²) in [5.41, 5.74) is 0. The average Bonchev–Trinajstić information content (AvgIpc) is 2.99. The normalized spacial score (nSPS) is 11.7. The Kier molecular flexibility index (Phi) is 39.9. The van der Waals surface area contributed by atoms with Gasteiger partial charge in [-0.2, -0.15) is 0 Å². The van der Waals surface area contributed by atoms with Gasteiger partial charge in [-0.3, -0.25) is 0 Å². The Balaban J connectivity index is 0. The molecule has 0 amide bonds. The lowest BCUT2D eigenvalue weighted by molar-refractivity contribution is -0.929. The predicted molar refractivity (Wildman–Crippen MR) is 190 cm³/mol. The third-order valence-electron chi connectivity index (χ3n) is 9.94. The summed E-state index contributed by atoms with van der Waals surface area (Å²) in [4.78, 5) is 0. The molecule has 0 unspecified atom stereocenters. The molecule has 0 spiro atoms. The summed E-state index contributed by atoms with van der Waals surface area (Å²) in [6.45, 7) is 15.2. The third-order valence-corrected chi connectivity index (χ3v) is 9.94. The molecule has 0 aromatic carbocycles. The lowest BCUT2D eigenvalue weighted by atomic mass is 10.0. The van der Waals surface area contributed by atoms with Gasteiger partial charge >= 0.3 is 0 Å². The van der Waals surface area contributed by atoms with Crippen molar-refractivity contribution in [3.05, 3.63) is 0 Å². The minimum Gasteiger partial charge on any atom is -1.00 e. The first kappa shape index (κ1) is 44.6. The van der Waals surface area contributed by atoms with E-state index in [9.17, 15) is 0 Å². The van der Waals surface area contributed by atoms with E-state index < -0.39 is 0 Å². The van der Waals surface area contributed by atoms with Crippen LogP contribution in [-0.2, 0) is 0 Å². The molecule has 0 N–H and O–H groups in total. The Morgan fingerprint density at radius 1 is 0.214 bits per heavy atom. The highest BCUT2D eigenvalue weighted by molar-refractivity contribution is 4.54. The second kappa shape index (κ2) is 37.6. The fourth-order valence-electron chi connectivity index (χ4n) is 6.91. The molecule has 42 heavy (non-hydrogen) atoms. The Hall–Kier alpha value is 0.440. The smallest absolute Gasteiger partial charge is 0.0786 e. The Morgan fingerprint density at radius 2 is 0.381 bits per heavy atom. The summed E-state index contributed by atoms with van der Waals surface area (Å²) < 4.78 is 1.44. The van der Waals surface area contributed by atoms with E-state index in [-0.39, 0.29) is 17.0 Å². The molecule has 0 aromatic rings. The van der Waals surface area contributed by atoms with E-state index in [0.717, 1.165) is 0 Å². The highest BCUT2D eigenvalue weighted by Gasteiger charge is 2.25. The van der Waals surface area contributed by atoms with E-state index >= 15 is 0 Å². The third kappa shape index (κ3) is 31.9. The maximum Gasteiger partial charge on any atom is 0.0786 e. The van der Waals surface area contributed by atoms with E-state index in [1.807, 2.05) is 0 Å². The molecular formula is C40H84BrN. The van der Waals surface area contributed by atoms with Crippen LogP contribution in [0.3, 0.4) is 0 Å². The van der Waals surface area contributed by atoms with E-state index in [2.05, 4.69) is 27.7 Å². The quantitative estimate of drug-likeness (QED) is 0.0464. The van der Waals surface area contributed by atoms with Crippen molar-refractivity contribution >= 4 is 0 Å². The topological polar surface area (TPSA) is 0 Å². The number of unbranched alkanes of at least 4 members (excludes halogenated alkanes) is 28. The van der Waals surface area contributed by atoms with Crippen molar-refractivity contribution in [2.75, 3.05) is 26.2 Å². The molecule has 0 saturated carbocycles. The van der Waals surface area contributed by atoms with Crippen LogP contribution in [0.4, 0.5) is 0 Å². The van der Waals surface area contributed by atoms with Crippen molar-refractivity contribution in [2.24, 2.45) is 0 Å². The zero-order valence-corrected chi connectivity index (χ0v) is 31.9. The molecule has 0 aliphatic carbocycles. The highest BCUT2D eigenvalue weighted by Crippen LogP contribution is 2.19. The van der Waals surface area contributed by atoms with E-state index in [4.69, 9.17) is 0 Å². The lowest BCUT2D eigenvalue weighted by Gasteiger charge is -2.39. The van der Waals surface area contributed by atoms with Gasteiger partial charge in [-0.15, -0.1) is 0 Å². The van der Waals surface area contributed by atoms with Gasteiger partial charge in [0.15, 0.2) is 0 Å². The van der Waals surface area contributed by atoms with Crippen LogP contribution in [-0.4, -0.2) is 30.7 Å². The van der Waals surface area contributed by atoms with E-state index in [1.54, 1.807) is 0 Å². The molecule has 0 fully saturated rings. The van der Waals surface area contributed by atoms with Crippen LogP contribution in [0.5, 0.6) is 0 Å². The number of hydrogen-bond donors (Lipinski definition) is 0. The molecule has 0 radical (unpaired) electrons. The molecule has 0 saturated heterocycles. The molecular weight excluding hydrogens is 574 g/mol. The van der Waals surface area contributed by atoms with Gasteiger partial charge in [-0.05, 0) is 32.1 Å². The first-order valence-corrected chi connectivity index (χ1v) is 20.1. The van der Waals surface area contributed by atoms with Crippen molar-refractivity contribution in [1.29, 1.82) is 0 Å². The predicted octanol–water partition coefficient (Wildman–Crippen LogP) is 11.4. The molecule has 1 nitrogen and oxygen atoms in total. The van der Waals surface area contributed by atoms with Crippen LogP contribution in [0.1, 0.15) is 233 Å².